The van der Waals surface area contributed by atoms with E-state index in [1.165, 1.54) is 24.0 Å². The first-order valence-electron chi connectivity index (χ1n) is 9.63. The number of hydrogen-bond acceptors (Lipinski definition) is 6. The van der Waals surface area contributed by atoms with E-state index in [0.29, 0.717) is 23.4 Å². The minimum Gasteiger partial charge on any atom is -0.369 e. The highest BCUT2D eigenvalue weighted by atomic mass is 19.1. The summed E-state index contributed by atoms with van der Waals surface area (Å²) in [5.41, 5.74) is 2.09. The number of halogens is 2. The van der Waals surface area contributed by atoms with E-state index in [1.54, 1.807) is 0 Å². The van der Waals surface area contributed by atoms with E-state index in [1.807, 2.05) is 18.2 Å². The van der Waals surface area contributed by atoms with Crippen molar-refractivity contribution in [1.82, 2.24) is 20.0 Å². The molecular formula is C22H21F2N5O. The normalized spacial score (nSPS) is 11.3. The van der Waals surface area contributed by atoms with Crippen LogP contribution < -0.4 is 5.32 Å². The van der Waals surface area contributed by atoms with E-state index in [0.717, 1.165) is 25.6 Å². The predicted molar refractivity (Wildman–Crippen MR) is 111 cm³/mol. The van der Waals surface area contributed by atoms with Crippen LogP contribution in [0.2, 0.25) is 0 Å². The maximum Gasteiger partial charge on any atom is 0.263 e. The van der Waals surface area contributed by atoms with Crippen molar-refractivity contribution in [3.05, 3.63) is 72.1 Å². The number of nitrogens with zero attached hydrogens (tertiary/aromatic N) is 4. The molecule has 0 fully saturated rings. The molecule has 0 unspecified atom stereocenters. The number of aromatic nitrogens is 3. The summed E-state index contributed by atoms with van der Waals surface area (Å²) in [5, 5.41) is 7.72. The van der Waals surface area contributed by atoms with Crippen LogP contribution in [0, 0.1) is 11.6 Å². The first kappa shape index (κ1) is 19.9. The van der Waals surface area contributed by atoms with Gasteiger partial charge in [0.1, 0.15) is 34.9 Å². The van der Waals surface area contributed by atoms with Gasteiger partial charge in [0.05, 0.1) is 0 Å². The van der Waals surface area contributed by atoms with E-state index in [9.17, 15) is 8.78 Å². The zero-order chi connectivity index (χ0) is 20.9. The number of anilines is 1. The van der Waals surface area contributed by atoms with E-state index < -0.39 is 11.6 Å². The van der Waals surface area contributed by atoms with Gasteiger partial charge in [0.2, 0.25) is 0 Å². The van der Waals surface area contributed by atoms with Gasteiger partial charge >= 0.3 is 0 Å². The summed E-state index contributed by atoms with van der Waals surface area (Å²) < 4.78 is 32.5. The zero-order valence-electron chi connectivity index (χ0n) is 16.5. The fourth-order valence-electron chi connectivity index (χ4n) is 3.34. The predicted octanol–water partition coefficient (Wildman–Crippen LogP) is 4.50. The van der Waals surface area contributed by atoms with Crippen LogP contribution in [0.4, 0.5) is 14.6 Å². The van der Waals surface area contributed by atoms with Crippen LogP contribution in [0.1, 0.15) is 12.0 Å². The summed E-state index contributed by atoms with van der Waals surface area (Å²) in [6.45, 7) is 2.43. The smallest absolute Gasteiger partial charge is 0.263 e. The zero-order valence-corrected chi connectivity index (χ0v) is 16.5. The van der Waals surface area contributed by atoms with Gasteiger partial charge in [-0.25, -0.2) is 13.8 Å². The van der Waals surface area contributed by atoms with Gasteiger partial charge in [0.15, 0.2) is 0 Å². The molecule has 154 valence electrons. The Bertz CT molecular complexity index is 1110. The molecule has 1 N–H and O–H groups in total. The minimum absolute atomic E-state index is 0.258. The van der Waals surface area contributed by atoms with Crippen LogP contribution >= 0.6 is 0 Å². The van der Waals surface area contributed by atoms with Crippen LogP contribution in [0.3, 0.4) is 0 Å². The average Bonchev–Trinajstić information content (AvgIpc) is 3.16. The molecule has 0 spiro atoms. The van der Waals surface area contributed by atoms with Crippen LogP contribution in [-0.2, 0) is 6.54 Å². The second-order valence-corrected chi connectivity index (χ2v) is 7.10. The number of fused-ring (bicyclic) bond motifs is 1. The highest BCUT2D eigenvalue weighted by Gasteiger charge is 2.18. The number of rotatable bonds is 8. The van der Waals surface area contributed by atoms with Crippen molar-refractivity contribution >= 4 is 16.9 Å². The topological polar surface area (TPSA) is 67.1 Å². The maximum absolute atomic E-state index is 13.7. The highest BCUT2D eigenvalue weighted by molar-refractivity contribution is 5.97. The van der Waals surface area contributed by atoms with E-state index in [2.05, 4.69) is 44.5 Å². The first-order valence-corrected chi connectivity index (χ1v) is 9.63. The second-order valence-electron chi connectivity index (χ2n) is 7.10. The summed E-state index contributed by atoms with van der Waals surface area (Å²) in [6.07, 6.45) is 2.25. The molecule has 4 rings (SSSR count). The molecule has 0 amide bonds. The lowest BCUT2D eigenvalue weighted by molar-refractivity contribution is 0.325. The molecule has 0 bridgehead atoms. The molecule has 0 aliphatic rings. The highest BCUT2D eigenvalue weighted by Crippen LogP contribution is 2.31. The van der Waals surface area contributed by atoms with Crippen molar-refractivity contribution in [2.75, 3.05) is 25.5 Å². The summed E-state index contributed by atoms with van der Waals surface area (Å²) in [4.78, 5) is 10.6. The number of hydrogen-bond donors (Lipinski definition) is 1. The Morgan fingerprint density at radius 1 is 1.03 bits per heavy atom. The van der Waals surface area contributed by atoms with E-state index in [-0.39, 0.29) is 11.3 Å². The first-order chi connectivity index (χ1) is 14.6. The van der Waals surface area contributed by atoms with Gasteiger partial charge in [-0.2, -0.15) is 4.98 Å². The monoisotopic (exact) mass is 409 g/mol. The van der Waals surface area contributed by atoms with Gasteiger partial charge in [-0.1, -0.05) is 35.5 Å². The van der Waals surface area contributed by atoms with Gasteiger partial charge < -0.3 is 14.7 Å². The van der Waals surface area contributed by atoms with Crippen molar-refractivity contribution in [3.63, 3.8) is 0 Å². The fraction of sp³-hybridized carbons (Fsp3) is 0.227. The third kappa shape index (κ3) is 4.60. The Labute approximate surface area is 172 Å². The van der Waals surface area contributed by atoms with E-state index >= 15 is 0 Å². The average molecular weight is 409 g/mol. The third-order valence-corrected chi connectivity index (χ3v) is 4.71. The molecule has 2 aromatic carbocycles. The maximum atomic E-state index is 13.7. The molecule has 0 aliphatic heterocycles. The third-order valence-electron chi connectivity index (χ3n) is 4.71. The molecule has 0 aliphatic carbocycles. The van der Waals surface area contributed by atoms with Crippen molar-refractivity contribution in [1.29, 1.82) is 0 Å². The molecule has 4 aromatic rings. The van der Waals surface area contributed by atoms with Crippen LogP contribution in [0.25, 0.3) is 22.4 Å². The Morgan fingerprint density at radius 3 is 2.57 bits per heavy atom. The van der Waals surface area contributed by atoms with Gasteiger partial charge in [-0.05, 0) is 37.7 Å². The van der Waals surface area contributed by atoms with Gasteiger partial charge in [0, 0.05) is 24.7 Å². The molecule has 30 heavy (non-hydrogen) atoms. The Kier molecular flexibility index (Phi) is 5.94. The standard InChI is InChI=1S/C22H21F2N5O/c1-29(13-15-6-3-2-4-7-15)9-5-8-25-21-19-20(28-30-22(19)27-14-26-21)16-10-17(23)12-18(24)11-16/h2-4,6-7,10-12,14H,5,8-9,13H2,1H3,(H,25,26,27). The number of benzene rings is 2. The Morgan fingerprint density at radius 2 is 1.80 bits per heavy atom. The molecule has 8 heteroatoms. The molecular weight excluding hydrogens is 388 g/mol. The molecule has 0 saturated carbocycles. The summed E-state index contributed by atoms with van der Waals surface area (Å²) in [6, 6.07) is 13.5. The van der Waals surface area contributed by atoms with Crippen LogP contribution in [0.15, 0.2) is 59.4 Å². The molecule has 2 heterocycles. The summed E-state index contributed by atoms with van der Waals surface area (Å²) in [5.74, 6) is -0.852. The molecule has 6 nitrogen and oxygen atoms in total. The lowest BCUT2D eigenvalue weighted by Crippen LogP contribution is -2.21. The van der Waals surface area contributed by atoms with Crippen molar-refractivity contribution in [3.8, 4) is 11.3 Å². The molecule has 0 radical (unpaired) electrons. The van der Waals surface area contributed by atoms with Crippen molar-refractivity contribution < 1.29 is 13.3 Å². The van der Waals surface area contributed by atoms with Gasteiger partial charge in [-0.15, -0.1) is 0 Å². The van der Waals surface area contributed by atoms with Crippen LogP contribution in [-0.4, -0.2) is 40.2 Å². The Balaban J connectivity index is 1.44. The lowest BCUT2D eigenvalue weighted by Gasteiger charge is -2.17. The van der Waals surface area contributed by atoms with Crippen molar-refractivity contribution in [2.24, 2.45) is 0 Å². The SMILES string of the molecule is CN(CCCNc1ncnc2onc(-c3cc(F)cc(F)c3)c12)Cc1ccccc1. The molecule has 2 aromatic heterocycles. The lowest BCUT2D eigenvalue weighted by atomic mass is 10.1. The summed E-state index contributed by atoms with van der Waals surface area (Å²) >= 11 is 0. The van der Waals surface area contributed by atoms with Gasteiger partial charge in [-0.3, -0.25) is 0 Å². The van der Waals surface area contributed by atoms with Crippen molar-refractivity contribution in [2.45, 2.75) is 13.0 Å². The fourth-order valence-corrected chi connectivity index (χ4v) is 3.34. The second kappa shape index (κ2) is 8.96. The number of nitrogens with one attached hydrogen (secondary N) is 1. The Hall–Kier alpha value is -3.39. The van der Waals surface area contributed by atoms with E-state index in [4.69, 9.17) is 4.52 Å². The van der Waals surface area contributed by atoms with Crippen LogP contribution in [0.5, 0.6) is 0 Å². The molecule has 0 atom stereocenters. The molecule has 0 saturated heterocycles. The largest absolute Gasteiger partial charge is 0.369 e. The quantitative estimate of drug-likeness (QED) is 0.432. The van der Waals surface area contributed by atoms with Gasteiger partial charge in [0.25, 0.3) is 5.71 Å². The summed E-state index contributed by atoms with van der Waals surface area (Å²) in [7, 11) is 2.08. The minimum atomic E-state index is -0.686.